The van der Waals surface area contributed by atoms with E-state index in [0.29, 0.717) is 5.88 Å². The minimum absolute atomic E-state index is 0.261. The number of alkyl halides is 1. The first-order valence-corrected chi connectivity index (χ1v) is 5.30. The molecule has 2 nitrogen and oxygen atoms in total. The van der Waals surface area contributed by atoms with Crippen molar-refractivity contribution >= 4 is 11.6 Å². The molecular formula is C9H18ClNO. The molecule has 1 fully saturated rings. The van der Waals surface area contributed by atoms with E-state index >= 15 is 0 Å². The maximum atomic E-state index is 5.73. The zero-order chi connectivity index (χ0) is 8.81. The van der Waals surface area contributed by atoms with Crippen molar-refractivity contribution in [2.45, 2.75) is 25.9 Å². The summed E-state index contributed by atoms with van der Waals surface area (Å²) in [5, 5.41) is 0. The number of ether oxygens (including phenoxy) is 1. The fourth-order valence-electron chi connectivity index (χ4n) is 1.46. The Morgan fingerprint density at radius 2 is 2.42 bits per heavy atom. The summed E-state index contributed by atoms with van der Waals surface area (Å²) in [6.45, 7) is 6.37. The summed E-state index contributed by atoms with van der Waals surface area (Å²) in [5.41, 5.74) is 0. The van der Waals surface area contributed by atoms with Gasteiger partial charge in [-0.3, -0.25) is 4.90 Å². The molecule has 0 aromatic carbocycles. The number of hydrogen-bond acceptors (Lipinski definition) is 2. The number of nitrogens with zero attached hydrogens (tertiary/aromatic N) is 1. The average Bonchev–Trinajstić information content (AvgIpc) is 2.15. The van der Waals surface area contributed by atoms with Crippen molar-refractivity contribution in [3.63, 3.8) is 0 Å². The Kier molecular flexibility index (Phi) is 4.96. The molecule has 0 amide bonds. The highest BCUT2D eigenvalue weighted by Gasteiger charge is 2.18. The first-order valence-electron chi connectivity index (χ1n) is 4.76. The van der Waals surface area contributed by atoms with Crippen LogP contribution >= 0.6 is 11.6 Å². The Hall–Kier alpha value is 0.210. The predicted molar refractivity (Wildman–Crippen MR) is 51.8 cm³/mol. The van der Waals surface area contributed by atoms with Gasteiger partial charge >= 0.3 is 0 Å². The van der Waals surface area contributed by atoms with Gasteiger partial charge in [-0.1, -0.05) is 13.3 Å². The lowest BCUT2D eigenvalue weighted by Crippen LogP contribution is -2.43. The molecule has 3 heteroatoms. The van der Waals surface area contributed by atoms with Crippen LogP contribution in [0.5, 0.6) is 0 Å². The topological polar surface area (TPSA) is 12.5 Å². The van der Waals surface area contributed by atoms with Gasteiger partial charge in [-0.15, -0.1) is 11.6 Å². The van der Waals surface area contributed by atoms with Gasteiger partial charge in [-0.25, -0.2) is 0 Å². The summed E-state index contributed by atoms with van der Waals surface area (Å²) in [5.74, 6) is 0.628. The largest absolute Gasteiger partial charge is 0.374 e. The van der Waals surface area contributed by atoms with E-state index < -0.39 is 0 Å². The monoisotopic (exact) mass is 191 g/mol. The van der Waals surface area contributed by atoms with E-state index in [2.05, 4.69) is 11.8 Å². The molecule has 0 aromatic heterocycles. The summed E-state index contributed by atoms with van der Waals surface area (Å²) < 4.78 is 5.46. The van der Waals surface area contributed by atoms with E-state index in [1.54, 1.807) is 0 Å². The summed E-state index contributed by atoms with van der Waals surface area (Å²) in [6, 6.07) is 0. The van der Waals surface area contributed by atoms with Crippen LogP contribution in [-0.4, -0.2) is 43.1 Å². The molecule has 12 heavy (non-hydrogen) atoms. The molecule has 1 saturated heterocycles. The summed E-state index contributed by atoms with van der Waals surface area (Å²) in [4.78, 5) is 2.44. The summed E-state index contributed by atoms with van der Waals surface area (Å²) >= 11 is 5.73. The van der Waals surface area contributed by atoms with Crippen LogP contribution in [0.3, 0.4) is 0 Å². The zero-order valence-corrected chi connectivity index (χ0v) is 8.52. The first-order chi connectivity index (χ1) is 5.86. The molecular weight excluding hydrogens is 174 g/mol. The predicted octanol–water partition coefficient (Wildman–Crippen LogP) is 1.73. The Labute approximate surface area is 79.8 Å². The van der Waals surface area contributed by atoms with Crippen molar-refractivity contribution in [2.24, 2.45) is 0 Å². The van der Waals surface area contributed by atoms with Gasteiger partial charge in [-0.2, -0.15) is 0 Å². The van der Waals surface area contributed by atoms with Crippen LogP contribution < -0.4 is 0 Å². The molecule has 0 radical (unpaired) electrons. The second-order valence-electron chi connectivity index (χ2n) is 3.30. The molecule has 0 N–H and O–H groups in total. The van der Waals surface area contributed by atoms with Crippen LogP contribution in [0.2, 0.25) is 0 Å². The van der Waals surface area contributed by atoms with Gasteiger partial charge in [0.05, 0.1) is 12.7 Å². The molecule has 1 aliphatic heterocycles. The van der Waals surface area contributed by atoms with E-state index in [4.69, 9.17) is 16.3 Å². The highest BCUT2D eigenvalue weighted by atomic mass is 35.5. The van der Waals surface area contributed by atoms with Crippen LogP contribution in [0.4, 0.5) is 0 Å². The number of halogens is 1. The Bertz CT molecular complexity index is 121. The van der Waals surface area contributed by atoms with Crippen LogP contribution in [0.15, 0.2) is 0 Å². The third kappa shape index (κ3) is 3.30. The van der Waals surface area contributed by atoms with Crippen LogP contribution in [0.25, 0.3) is 0 Å². The van der Waals surface area contributed by atoms with Gasteiger partial charge in [0.25, 0.3) is 0 Å². The number of unbranched alkanes of at least 4 members (excludes halogenated alkanes) is 1. The molecule has 0 bridgehead atoms. The standard InChI is InChI=1S/C9H18ClNO/c1-2-3-4-11-5-6-12-9(7-10)8-11/h9H,2-8H2,1H3. The zero-order valence-electron chi connectivity index (χ0n) is 7.76. The quantitative estimate of drug-likeness (QED) is 0.628. The number of rotatable bonds is 4. The molecule has 0 aliphatic carbocycles. The molecule has 0 saturated carbocycles. The van der Waals surface area contributed by atoms with Gasteiger partial charge in [0.1, 0.15) is 0 Å². The second-order valence-corrected chi connectivity index (χ2v) is 3.61. The van der Waals surface area contributed by atoms with Crippen molar-refractivity contribution in [2.75, 3.05) is 32.1 Å². The van der Waals surface area contributed by atoms with Crippen molar-refractivity contribution in [1.82, 2.24) is 4.90 Å². The van der Waals surface area contributed by atoms with Crippen LogP contribution in [0.1, 0.15) is 19.8 Å². The lowest BCUT2D eigenvalue weighted by molar-refractivity contribution is -0.0166. The fourth-order valence-corrected chi connectivity index (χ4v) is 1.65. The minimum Gasteiger partial charge on any atom is -0.374 e. The van der Waals surface area contributed by atoms with E-state index in [1.807, 2.05) is 0 Å². The van der Waals surface area contributed by atoms with Crippen molar-refractivity contribution < 1.29 is 4.74 Å². The average molecular weight is 192 g/mol. The minimum atomic E-state index is 0.261. The van der Waals surface area contributed by atoms with Gasteiger partial charge in [0.2, 0.25) is 0 Å². The van der Waals surface area contributed by atoms with E-state index in [9.17, 15) is 0 Å². The maximum absolute atomic E-state index is 5.73. The lowest BCUT2D eigenvalue weighted by atomic mass is 10.2. The number of morpholine rings is 1. The SMILES string of the molecule is CCCCN1CCOC(CCl)C1. The Balaban J connectivity index is 2.16. The number of hydrogen-bond donors (Lipinski definition) is 0. The van der Waals surface area contributed by atoms with Gasteiger partial charge < -0.3 is 4.74 Å². The van der Waals surface area contributed by atoms with Crippen molar-refractivity contribution in [3.8, 4) is 0 Å². The maximum Gasteiger partial charge on any atom is 0.0837 e. The van der Waals surface area contributed by atoms with Crippen molar-refractivity contribution in [1.29, 1.82) is 0 Å². The molecule has 1 aliphatic rings. The van der Waals surface area contributed by atoms with Crippen LogP contribution in [-0.2, 0) is 4.74 Å². The fraction of sp³-hybridized carbons (Fsp3) is 1.00. The normalized spacial score (nSPS) is 26.0. The van der Waals surface area contributed by atoms with E-state index in [0.717, 1.165) is 19.7 Å². The summed E-state index contributed by atoms with van der Waals surface area (Å²) in [7, 11) is 0. The van der Waals surface area contributed by atoms with E-state index in [-0.39, 0.29) is 6.10 Å². The Morgan fingerprint density at radius 1 is 1.58 bits per heavy atom. The smallest absolute Gasteiger partial charge is 0.0837 e. The molecule has 1 atom stereocenters. The molecule has 72 valence electrons. The Morgan fingerprint density at radius 3 is 3.08 bits per heavy atom. The summed E-state index contributed by atoms with van der Waals surface area (Å²) in [6.07, 6.45) is 2.81. The molecule has 0 spiro atoms. The second kappa shape index (κ2) is 5.79. The first kappa shape index (κ1) is 10.3. The van der Waals surface area contributed by atoms with E-state index in [1.165, 1.54) is 19.4 Å². The molecule has 1 unspecified atom stereocenters. The molecule has 1 rings (SSSR count). The third-order valence-electron chi connectivity index (χ3n) is 2.22. The van der Waals surface area contributed by atoms with Gasteiger partial charge in [0, 0.05) is 19.0 Å². The highest BCUT2D eigenvalue weighted by molar-refractivity contribution is 6.18. The van der Waals surface area contributed by atoms with Gasteiger partial charge in [0.15, 0.2) is 0 Å². The van der Waals surface area contributed by atoms with Gasteiger partial charge in [-0.05, 0) is 13.0 Å². The van der Waals surface area contributed by atoms with Crippen molar-refractivity contribution in [3.05, 3.63) is 0 Å². The van der Waals surface area contributed by atoms with Crippen LogP contribution in [0, 0.1) is 0 Å². The third-order valence-corrected chi connectivity index (χ3v) is 2.57. The molecule has 0 aromatic rings. The lowest BCUT2D eigenvalue weighted by Gasteiger charge is -2.31. The molecule has 1 heterocycles. The highest BCUT2D eigenvalue weighted by Crippen LogP contribution is 2.07.